The van der Waals surface area contributed by atoms with Crippen molar-refractivity contribution in [1.29, 1.82) is 0 Å². The second-order valence-electron chi connectivity index (χ2n) is 7.36. The molecular weight excluding hydrogens is 430 g/mol. The summed E-state index contributed by atoms with van der Waals surface area (Å²) in [6.07, 6.45) is 3.56. The van der Waals surface area contributed by atoms with Gasteiger partial charge >= 0.3 is 0 Å². The van der Waals surface area contributed by atoms with Gasteiger partial charge in [-0.3, -0.25) is 19.8 Å². The number of likely N-dealkylation sites (N-methyl/N-ethyl adjacent to an activating group) is 2. The van der Waals surface area contributed by atoms with E-state index in [9.17, 15) is 18.5 Å². The maximum Gasteiger partial charge on any atom is 0.269 e. The molecule has 2 N–H and O–H groups in total. The molecule has 9 nitrogen and oxygen atoms in total. The monoisotopic (exact) mass is 455 g/mol. The first-order valence-corrected chi connectivity index (χ1v) is 11.4. The Morgan fingerprint density at radius 3 is 2.50 bits per heavy atom. The number of nitro groups is 1. The van der Waals surface area contributed by atoms with Crippen molar-refractivity contribution in [2.45, 2.75) is 11.4 Å². The van der Waals surface area contributed by atoms with Crippen molar-refractivity contribution in [1.82, 2.24) is 15.2 Å². The average Bonchev–Trinajstić information content (AvgIpc) is 2.78. The molecule has 0 aliphatic carbocycles. The Kier molecular flexibility index (Phi) is 7.52. The number of non-ortho nitro benzene ring substituents is 1. The van der Waals surface area contributed by atoms with Crippen LogP contribution < -0.4 is 10.0 Å². The molecule has 1 aromatic heterocycles. The van der Waals surface area contributed by atoms with Crippen LogP contribution in [-0.4, -0.2) is 50.4 Å². The van der Waals surface area contributed by atoms with Crippen LogP contribution >= 0.6 is 0 Å². The van der Waals surface area contributed by atoms with Gasteiger partial charge < -0.3 is 10.2 Å². The summed E-state index contributed by atoms with van der Waals surface area (Å²) < 4.78 is 27.9. The number of anilines is 1. The first-order chi connectivity index (χ1) is 15.3. The quantitative estimate of drug-likeness (QED) is 0.356. The second kappa shape index (κ2) is 10.3. The van der Waals surface area contributed by atoms with E-state index in [1.54, 1.807) is 24.4 Å². The Labute approximate surface area is 187 Å². The maximum atomic E-state index is 12.7. The van der Waals surface area contributed by atoms with Gasteiger partial charge in [-0.1, -0.05) is 12.1 Å². The Morgan fingerprint density at radius 1 is 1.06 bits per heavy atom. The van der Waals surface area contributed by atoms with Crippen LogP contribution in [0.3, 0.4) is 0 Å². The molecule has 0 radical (unpaired) electrons. The van der Waals surface area contributed by atoms with E-state index in [1.165, 1.54) is 12.1 Å². The summed E-state index contributed by atoms with van der Waals surface area (Å²) in [7, 11) is 0.0663. The minimum atomic E-state index is -3.89. The van der Waals surface area contributed by atoms with Crippen molar-refractivity contribution in [2.75, 3.05) is 31.9 Å². The van der Waals surface area contributed by atoms with Gasteiger partial charge in [0.25, 0.3) is 15.7 Å². The Hall–Kier alpha value is -3.34. The molecule has 0 saturated carbocycles. The number of aromatic nitrogens is 1. The topological polar surface area (TPSA) is 117 Å². The number of nitrogens with zero attached hydrogens (tertiary/aromatic N) is 3. The molecule has 0 fully saturated rings. The van der Waals surface area contributed by atoms with Gasteiger partial charge in [0.1, 0.15) is 0 Å². The fourth-order valence-electron chi connectivity index (χ4n) is 3.15. The Balaban J connectivity index is 1.78. The third kappa shape index (κ3) is 6.10. The van der Waals surface area contributed by atoms with E-state index in [0.717, 1.165) is 48.5 Å². The number of nitrogens with one attached hydrogen (secondary N) is 2. The smallest absolute Gasteiger partial charge is 0.269 e. The van der Waals surface area contributed by atoms with Crippen molar-refractivity contribution in [2.24, 2.45) is 0 Å². The standard InChI is InChI=1S/C22H25N5O4S/c1-23-10-11-26(2)16-17-12-19(15-24-14-17)18-4-3-5-20(13-18)25-32(30,31)22-8-6-21(7-9-22)27(28)29/h3-9,12-15,23,25H,10-11,16H2,1-2H3. The van der Waals surface area contributed by atoms with E-state index in [1.807, 2.05) is 32.4 Å². The number of hydrogen-bond acceptors (Lipinski definition) is 7. The molecule has 3 aromatic rings. The zero-order valence-corrected chi connectivity index (χ0v) is 18.7. The first kappa shape index (κ1) is 23.3. The number of nitro benzene ring substituents is 1. The molecular formula is C22H25N5O4S. The van der Waals surface area contributed by atoms with Crippen LogP contribution in [0.4, 0.5) is 11.4 Å². The van der Waals surface area contributed by atoms with Crippen molar-refractivity contribution in [3.05, 3.63) is 82.7 Å². The van der Waals surface area contributed by atoms with Gasteiger partial charge in [0, 0.05) is 55.4 Å². The third-order valence-corrected chi connectivity index (χ3v) is 6.19. The highest BCUT2D eigenvalue weighted by molar-refractivity contribution is 7.92. The minimum Gasteiger partial charge on any atom is -0.318 e. The normalized spacial score (nSPS) is 11.5. The van der Waals surface area contributed by atoms with Crippen LogP contribution in [0.2, 0.25) is 0 Å². The highest BCUT2D eigenvalue weighted by Crippen LogP contribution is 2.25. The summed E-state index contributed by atoms with van der Waals surface area (Å²) in [5.41, 5.74) is 2.97. The van der Waals surface area contributed by atoms with Crippen LogP contribution in [-0.2, 0) is 16.6 Å². The van der Waals surface area contributed by atoms with Crippen molar-refractivity contribution in [3.63, 3.8) is 0 Å². The molecule has 0 aliphatic rings. The van der Waals surface area contributed by atoms with Gasteiger partial charge in [-0.2, -0.15) is 0 Å². The Morgan fingerprint density at radius 2 is 1.81 bits per heavy atom. The van der Waals surface area contributed by atoms with Gasteiger partial charge in [-0.05, 0) is 55.6 Å². The van der Waals surface area contributed by atoms with Crippen molar-refractivity contribution < 1.29 is 13.3 Å². The summed E-state index contributed by atoms with van der Waals surface area (Å²) in [5, 5.41) is 13.9. The third-order valence-electron chi connectivity index (χ3n) is 4.80. The summed E-state index contributed by atoms with van der Waals surface area (Å²) in [6, 6.07) is 13.8. The lowest BCUT2D eigenvalue weighted by molar-refractivity contribution is -0.384. The van der Waals surface area contributed by atoms with E-state index in [2.05, 4.69) is 19.9 Å². The van der Waals surface area contributed by atoms with Crippen LogP contribution in [0, 0.1) is 10.1 Å². The van der Waals surface area contributed by atoms with Gasteiger partial charge in [0.15, 0.2) is 0 Å². The van der Waals surface area contributed by atoms with E-state index < -0.39 is 14.9 Å². The summed E-state index contributed by atoms with van der Waals surface area (Å²) in [4.78, 5) is 16.7. The molecule has 3 rings (SSSR count). The molecule has 32 heavy (non-hydrogen) atoms. The predicted octanol–water partition coefficient (Wildman–Crippen LogP) is 3.11. The molecule has 0 amide bonds. The van der Waals surface area contributed by atoms with Crippen LogP contribution in [0.25, 0.3) is 11.1 Å². The van der Waals surface area contributed by atoms with Crippen LogP contribution in [0.5, 0.6) is 0 Å². The van der Waals surface area contributed by atoms with Crippen molar-refractivity contribution >= 4 is 21.4 Å². The largest absolute Gasteiger partial charge is 0.318 e. The van der Waals surface area contributed by atoms with E-state index in [4.69, 9.17) is 0 Å². The van der Waals surface area contributed by atoms with Gasteiger partial charge in [-0.25, -0.2) is 8.42 Å². The van der Waals surface area contributed by atoms with Gasteiger partial charge in [0.2, 0.25) is 0 Å². The number of sulfonamides is 1. The molecule has 0 atom stereocenters. The van der Waals surface area contributed by atoms with Gasteiger partial charge in [-0.15, -0.1) is 0 Å². The molecule has 0 aliphatic heterocycles. The fraction of sp³-hybridized carbons (Fsp3) is 0.227. The van der Waals surface area contributed by atoms with E-state index in [0.29, 0.717) is 5.69 Å². The highest BCUT2D eigenvalue weighted by atomic mass is 32.2. The predicted molar refractivity (Wildman–Crippen MR) is 124 cm³/mol. The molecule has 1 heterocycles. The van der Waals surface area contributed by atoms with Crippen LogP contribution in [0.15, 0.2) is 71.9 Å². The number of hydrogen-bond donors (Lipinski definition) is 2. The van der Waals surface area contributed by atoms with E-state index >= 15 is 0 Å². The average molecular weight is 456 g/mol. The summed E-state index contributed by atoms with van der Waals surface area (Å²) in [6.45, 7) is 2.54. The Bertz CT molecular complexity index is 1180. The number of rotatable bonds is 10. The fourth-order valence-corrected chi connectivity index (χ4v) is 4.20. The van der Waals surface area contributed by atoms with Gasteiger partial charge in [0.05, 0.1) is 9.82 Å². The van der Waals surface area contributed by atoms with E-state index in [-0.39, 0.29) is 10.6 Å². The number of benzene rings is 2. The molecule has 168 valence electrons. The lowest BCUT2D eigenvalue weighted by Crippen LogP contribution is -2.26. The first-order valence-electron chi connectivity index (χ1n) is 9.93. The highest BCUT2D eigenvalue weighted by Gasteiger charge is 2.16. The lowest BCUT2D eigenvalue weighted by atomic mass is 10.1. The zero-order chi connectivity index (χ0) is 23.1. The molecule has 2 aromatic carbocycles. The summed E-state index contributed by atoms with van der Waals surface area (Å²) in [5.74, 6) is 0. The molecule has 0 unspecified atom stereocenters. The number of pyridine rings is 1. The molecule has 0 bridgehead atoms. The lowest BCUT2D eigenvalue weighted by Gasteiger charge is -2.16. The molecule has 10 heteroatoms. The van der Waals surface area contributed by atoms with Crippen molar-refractivity contribution in [3.8, 4) is 11.1 Å². The second-order valence-corrected chi connectivity index (χ2v) is 9.04. The maximum absolute atomic E-state index is 12.7. The summed E-state index contributed by atoms with van der Waals surface area (Å²) >= 11 is 0. The SMILES string of the molecule is CNCCN(C)Cc1cncc(-c2cccc(NS(=O)(=O)c3ccc([N+](=O)[O-])cc3)c2)c1. The zero-order valence-electron chi connectivity index (χ0n) is 17.9. The molecule has 0 spiro atoms. The minimum absolute atomic E-state index is 0.0539. The molecule has 0 saturated heterocycles. The van der Waals surface area contributed by atoms with Crippen LogP contribution in [0.1, 0.15) is 5.56 Å².